The molecule has 0 saturated heterocycles. The molecule has 3 nitrogen and oxygen atoms in total. The van der Waals surface area contributed by atoms with Crippen molar-refractivity contribution >= 4 is 17.6 Å². The Morgan fingerprint density at radius 1 is 1.62 bits per heavy atom. The maximum Gasteiger partial charge on any atom is 0.312 e. The highest BCUT2D eigenvalue weighted by atomic mass is 35.5. The van der Waals surface area contributed by atoms with Gasteiger partial charge in [0.05, 0.1) is 0 Å². The summed E-state index contributed by atoms with van der Waals surface area (Å²) in [5.74, 6) is 0. The number of amides is 2. The van der Waals surface area contributed by atoms with Gasteiger partial charge in [-0.1, -0.05) is 23.7 Å². The maximum absolute atomic E-state index is 10.5. The van der Waals surface area contributed by atoms with Crippen molar-refractivity contribution in [3.63, 3.8) is 0 Å². The van der Waals surface area contributed by atoms with Crippen LogP contribution in [0.25, 0.3) is 0 Å². The van der Waals surface area contributed by atoms with Crippen molar-refractivity contribution in [3.8, 4) is 0 Å². The van der Waals surface area contributed by atoms with Crippen LogP contribution in [-0.4, -0.2) is 6.03 Å². The number of rotatable bonds is 2. The second-order valence-corrected chi connectivity index (χ2v) is 3.16. The number of hydrogen-bond acceptors (Lipinski definition) is 1. The molecular weight excluding hydrogens is 188 g/mol. The zero-order valence-corrected chi connectivity index (χ0v) is 8.06. The molecule has 0 aliphatic carbocycles. The van der Waals surface area contributed by atoms with Crippen LogP contribution in [0.3, 0.4) is 0 Å². The largest absolute Gasteiger partial charge is 0.352 e. The highest BCUT2D eigenvalue weighted by Gasteiger charge is 2.03. The summed E-state index contributed by atoms with van der Waals surface area (Å²) in [6.45, 7) is 2.31. The molecule has 0 bridgehead atoms. The molecule has 1 aromatic rings. The van der Waals surface area contributed by atoms with Crippen molar-refractivity contribution in [1.29, 1.82) is 0 Å². The standard InChI is InChI=1S/C9H11ClN2O/c1-6-3-2-4-8(10)7(6)5-12-9(11)13/h2-4H,5H2,1H3,(H3,11,12,13). The Kier molecular flexibility index (Phi) is 3.14. The number of nitrogens with one attached hydrogen (secondary N) is 1. The first kappa shape index (κ1) is 9.86. The Morgan fingerprint density at radius 2 is 2.31 bits per heavy atom. The third kappa shape index (κ3) is 2.63. The van der Waals surface area contributed by atoms with Crippen LogP contribution in [0.1, 0.15) is 11.1 Å². The summed E-state index contributed by atoms with van der Waals surface area (Å²) in [6.07, 6.45) is 0. The van der Waals surface area contributed by atoms with Crippen LogP contribution in [0.5, 0.6) is 0 Å². The quantitative estimate of drug-likeness (QED) is 0.749. The Labute approximate surface area is 81.9 Å². The number of hydrogen-bond donors (Lipinski definition) is 2. The molecule has 4 heteroatoms. The van der Waals surface area contributed by atoms with E-state index < -0.39 is 6.03 Å². The van der Waals surface area contributed by atoms with Crippen LogP contribution < -0.4 is 11.1 Å². The third-order valence-corrected chi connectivity index (χ3v) is 2.15. The Balaban J connectivity index is 2.81. The number of nitrogens with two attached hydrogens (primary N) is 1. The molecule has 13 heavy (non-hydrogen) atoms. The fraction of sp³-hybridized carbons (Fsp3) is 0.222. The van der Waals surface area contributed by atoms with E-state index in [-0.39, 0.29) is 0 Å². The lowest BCUT2D eigenvalue weighted by atomic mass is 10.1. The smallest absolute Gasteiger partial charge is 0.312 e. The zero-order chi connectivity index (χ0) is 9.84. The summed E-state index contributed by atoms with van der Waals surface area (Å²) in [7, 11) is 0. The monoisotopic (exact) mass is 198 g/mol. The summed E-state index contributed by atoms with van der Waals surface area (Å²) in [5.41, 5.74) is 6.90. The molecule has 70 valence electrons. The molecular formula is C9H11ClN2O. The van der Waals surface area contributed by atoms with Crippen LogP contribution in [0.2, 0.25) is 5.02 Å². The average Bonchev–Trinajstić information content (AvgIpc) is 2.03. The van der Waals surface area contributed by atoms with Gasteiger partial charge in [0.2, 0.25) is 0 Å². The summed E-state index contributed by atoms with van der Waals surface area (Å²) >= 11 is 5.92. The summed E-state index contributed by atoms with van der Waals surface area (Å²) < 4.78 is 0. The minimum Gasteiger partial charge on any atom is -0.352 e. The van der Waals surface area contributed by atoms with Crippen LogP contribution in [0.4, 0.5) is 4.79 Å². The van der Waals surface area contributed by atoms with E-state index in [1.54, 1.807) is 6.07 Å². The number of carbonyl (C=O) groups is 1. The Morgan fingerprint density at radius 3 is 2.85 bits per heavy atom. The lowest BCUT2D eigenvalue weighted by molar-refractivity contribution is 0.248. The van der Waals surface area contributed by atoms with E-state index in [0.717, 1.165) is 11.1 Å². The molecule has 0 radical (unpaired) electrons. The summed E-state index contributed by atoms with van der Waals surface area (Å²) in [4.78, 5) is 10.5. The number of halogens is 1. The Bertz CT molecular complexity index is 305. The van der Waals surface area contributed by atoms with Crippen molar-refractivity contribution < 1.29 is 4.79 Å². The van der Waals surface area contributed by atoms with Crippen molar-refractivity contribution in [2.24, 2.45) is 5.73 Å². The van der Waals surface area contributed by atoms with Gasteiger partial charge < -0.3 is 11.1 Å². The number of urea groups is 1. The normalized spacial score (nSPS) is 9.69. The van der Waals surface area contributed by atoms with E-state index >= 15 is 0 Å². The first-order chi connectivity index (χ1) is 6.11. The van der Waals surface area contributed by atoms with Crippen molar-refractivity contribution in [2.45, 2.75) is 13.5 Å². The van der Waals surface area contributed by atoms with Gasteiger partial charge in [0.15, 0.2) is 0 Å². The first-order valence-corrected chi connectivity index (χ1v) is 4.26. The number of benzene rings is 1. The van der Waals surface area contributed by atoms with Gasteiger partial charge in [-0.05, 0) is 24.1 Å². The van der Waals surface area contributed by atoms with E-state index in [1.165, 1.54) is 0 Å². The molecule has 0 atom stereocenters. The van der Waals surface area contributed by atoms with E-state index in [2.05, 4.69) is 5.32 Å². The Hall–Kier alpha value is -1.22. The first-order valence-electron chi connectivity index (χ1n) is 3.88. The van der Waals surface area contributed by atoms with Gasteiger partial charge in [0.25, 0.3) is 0 Å². The molecule has 0 saturated carbocycles. The molecule has 0 heterocycles. The molecule has 1 aromatic carbocycles. The van der Waals surface area contributed by atoms with Crippen LogP contribution in [0.15, 0.2) is 18.2 Å². The molecule has 0 aliphatic heterocycles. The molecule has 0 aromatic heterocycles. The molecule has 0 aliphatic rings. The van der Waals surface area contributed by atoms with Gasteiger partial charge in [-0.3, -0.25) is 0 Å². The molecule has 3 N–H and O–H groups in total. The minimum absolute atomic E-state index is 0.376. The van der Waals surface area contributed by atoms with Crippen LogP contribution in [0, 0.1) is 6.92 Å². The van der Waals surface area contributed by atoms with E-state index in [9.17, 15) is 4.79 Å². The van der Waals surface area contributed by atoms with Gasteiger partial charge in [0, 0.05) is 11.6 Å². The fourth-order valence-corrected chi connectivity index (χ4v) is 1.35. The highest BCUT2D eigenvalue weighted by Crippen LogP contribution is 2.18. The SMILES string of the molecule is Cc1cccc(Cl)c1CNC(N)=O. The van der Waals surface area contributed by atoms with E-state index in [1.807, 2.05) is 19.1 Å². The molecule has 0 spiro atoms. The van der Waals surface area contributed by atoms with Crippen LogP contribution in [-0.2, 0) is 6.54 Å². The van der Waals surface area contributed by atoms with Gasteiger partial charge >= 0.3 is 6.03 Å². The van der Waals surface area contributed by atoms with Gasteiger partial charge in [-0.15, -0.1) is 0 Å². The summed E-state index contributed by atoms with van der Waals surface area (Å²) in [5, 5.41) is 3.14. The van der Waals surface area contributed by atoms with E-state index in [4.69, 9.17) is 17.3 Å². The molecule has 2 amide bonds. The molecule has 1 rings (SSSR count). The van der Waals surface area contributed by atoms with Crippen molar-refractivity contribution in [2.75, 3.05) is 0 Å². The third-order valence-electron chi connectivity index (χ3n) is 1.79. The molecule has 0 unspecified atom stereocenters. The van der Waals surface area contributed by atoms with Crippen LogP contribution >= 0.6 is 11.6 Å². The minimum atomic E-state index is -0.542. The second-order valence-electron chi connectivity index (χ2n) is 2.75. The van der Waals surface area contributed by atoms with Crippen molar-refractivity contribution in [1.82, 2.24) is 5.32 Å². The average molecular weight is 199 g/mol. The fourth-order valence-electron chi connectivity index (χ4n) is 1.07. The number of primary amides is 1. The van der Waals surface area contributed by atoms with E-state index in [0.29, 0.717) is 11.6 Å². The maximum atomic E-state index is 10.5. The molecule has 0 fully saturated rings. The summed E-state index contributed by atoms with van der Waals surface area (Å²) in [6, 6.07) is 5.04. The highest BCUT2D eigenvalue weighted by molar-refractivity contribution is 6.31. The number of carbonyl (C=O) groups excluding carboxylic acids is 1. The zero-order valence-electron chi connectivity index (χ0n) is 7.30. The van der Waals surface area contributed by atoms with Gasteiger partial charge in [-0.2, -0.15) is 0 Å². The lowest BCUT2D eigenvalue weighted by Gasteiger charge is -2.07. The van der Waals surface area contributed by atoms with Gasteiger partial charge in [0.1, 0.15) is 0 Å². The topological polar surface area (TPSA) is 55.1 Å². The predicted molar refractivity (Wildman–Crippen MR) is 52.6 cm³/mol. The number of aryl methyl sites for hydroxylation is 1. The van der Waals surface area contributed by atoms with Crippen molar-refractivity contribution in [3.05, 3.63) is 34.3 Å². The lowest BCUT2D eigenvalue weighted by Crippen LogP contribution is -2.29. The predicted octanol–water partition coefficient (Wildman–Crippen LogP) is 1.82. The second kappa shape index (κ2) is 4.14. The van der Waals surface area contributed by atoms with Gasteiger partial charge in [-0.25, -0.2) is 4.79 Å².